The van der Waals surface area contributed by atoms with Gasteiger partial charge in [-0.3, -0.25) is 9.78 Å². The lowest BCUT2D eigenvalue weighted by Gasteiger charge is -2.13. The van der Waals surface area contributed by atoms with E-state index in [2.05, 4.69) is 19.9 Å². The van der Waals surface area contributed by atoms with E-state index in [1.807, 2.05) is 31.2 Å². The Morgan fingerprint density at radius 2 is 1.87 bits per heavy atom. The third kappa shape index (κ3) is 3.55. The molecule has 1 amide bonds. The van der Waals surface area contributed by atoms with Crippen molar-refractivity contribution in [3.63, 3.8) is 0 Å². The normalized spacial score (nSPS) is 11.9. The number of hydrogen-bond donors (Lipinski definition) is 1. The minimum absolute atomic E-state index is 0.148. The number of carbonyl (C=O) groups is 1. The van der Waals surface area contributed by atoms with Gasteiger partial charge in [-0.1, -0.05) is 28.2 Å². The zero-order chi connectivity index (χ0) is 16.2. The van der Waals surface area contributed by atoms with Crippen molar-refractivity contribution in [2.75, 3.05) is 0 Å². The van der Waals surface area contributed by atoms with Crippen LogP contribution in [0.2, 0.25) is 5.02 Å². The molecule has 0 saturated carbocycles. The number of rotatable bonds is 4. The maximum Gasteiger partial charge on any atom is 0.273 e. The minimum Gasteiger partial charge on any atom is -0.344 e. The molecule has 2 aromatic heterocycles. The number of halogens is 1. The lowest BCUT2D eigenvalue weighted by Crippen LogP contribution is -2.27. The lowest BCUT2D eigenvalue weighted by molar-refractivity contribution is 0.0935. The summed E-state index contributed by atoms with van der Waals surface area (Å²) in [7, 11) is 0. The Hall–Kier alpha value is -2.31. The van der Waals surface area contributed by atoms with Crippen molar-refractivity contribution in [3.8, 4) is 10.4 Å². The van der Waals surface area contributed by atoms with Gasteiger partial charge in [0, 0.05) is 17.4 Å². The molecule has 116 valence electrons. The summed E-state index contributed by atoms with van der Waals surface area (Å²) in [5.74, 6) is -0.256. The summed E-state index contributed by atoms with van der Waals surface area (Å²) < 4.78 is 3.91. The molecule has 1 aromatic carbocycles. The Morgan fingerprint density at radius 1 is 1.17 bits per heavy atom. The average molecular weight is 345 g/mol. The number of aromatic nitrogens is 3. The van der Waals surface area contributed by atoms with E-state index in [0.717, 1.165) is 16.0 Å². The first-order valence-electron chi connectivity index (χ1n) is 6.94. The van der Waals surface area contributed by atoms with Gasteiger partial charge in [0.25, 0.3) is 5.91 Å². The highest BCUT2D eigenvalue weighted by atomic mass is 35.5. The molecular formula is C16H13ClN4OS. The van der Waals surface area contributed by atoms with Gasteiger partial charge in [-0.2, -0.15) is 0 Å². The highest BCUT2D eigenvalue weighted by molar-refractivity contribution is 7.09. The Balaban J connectivity index is 1.81. The van der Waals surface area contributed by atoms with Crippen LogP contribution in [0.1, 0.15) is 29.0 Å². The van der Waals surface area contributed by atoms with E-state index >= 15 is 0 Å². The van der Waals surface area contributed by atoms with E-state index in [4.69, 9.17) is 11.6 Å². The molecule has 0 bridgehead atoms. The van der Waals surface area contributed by atoms with Crippen LogP contribution >= 0.6 is 23.1 Å². The Kier molecular flexibility index (Phi) is 4.64. The number of nitrogens with zero attached hydrogens (tertiary/aromatic N) is 3. The highest BCUT2D eigenvalue weighted by Crippen LogP contribution is 2.27. The standard InChI is InChI=1S/C16H13ClN4OS/c1-10(11-6-8-18-9-7-11)19-16(22)14-15(23-21-20-14)12-2-4-13(17)5-3-12/h2-10H,1H3,(H,19,22). The molecule has 0 aliphatic rings. The topological polar surface area (TPSA) is 67.8 Å². The summed E-state index contributed by atoms with van der Waals surface area (Å²) in [5, 5.41) is 7.55. The van der Waals surface area contributed by atoms with Gasteiger partial charge in [-0.25, -0.2) is 0 Å². The zero-order valence-corrected chi connectivity index (χ0v) is 13.8. The molecule has 7 heteroatoms. The molecular weight excluding hydrogens is 332 g/mol. The van der Waals surface area contributed by atoms with Crippen LogP contribution < -0.4 is 5.32 Å². The van der Waals surface area contributed by atoms with Crippen LogP contribution in [0.4, 0.5) is 0 Å². The number of pyridine rings is 1. The van der Waals surface area contributed by atoms with Crippen LogP contribution in [0.15, 0.2) is 48.8 Å². The molecule has 0 saturated heterocycles. The molecule has 23 heavy (non-hydrogen) atoms. The maximum atomic E-state index is 12.5. The fourth-order valence-corrected chi connectivity index (χ4v) is 2.92. The molecule has 0 radical (unpaired) electrons. The van der Waals surface area contributed by atoms with Gasteiger partial charge >= 0.3 is 0 Å². The van der Waals surface area contributed by atoms with Crippen molar-refractivity contribution in [2.24, 2.45) is 0 Å². The molecule has 0 aliphatic heterocycles. The lowest BCUT2D eigenvalue weighted by atomic mass is 10.1. The highest BCUT2D eigenvalue weighted by Gasteiger charge is 2.20. The maximum absolute atomic E-state index is 12.5. The van der Waals surface area contributed by atoms with Crippen molar-refractivity contribution in [3.05, 3.63) is 65.1 Å². The molecule has 0 spiro atoms. The molecule has 1 N–H and O–H groups in total. The summed E-state index contributed by atoms with van der Waals surface area (Å²) >= 11 is 7.08. The van der Waals surface area contributed by atoms with Gasteiger partial charge in [0.05, 0.1) is 10.9 Å². The van der Waals surface area contributed by atoms with E-state index < -0.39 is 0 Å². The second-order valence-corrected chi connectivity index (χ2v) is 6.12. The van der Waals surface area contributed by atoms with Gasteiger partial charge in [0.1, 0.15) is 0 Å². The first-order chi connectivity index (χ1) is 11.1. The summed E-state index contributed by atoms with van der Waals surface area (Å²) in [6.07, 6.45) is 3.39. The molecule has 0 aliphatic carbocycles. The van der Waals surface area contributed by atoms with Gasteiger partial charge < -0.3 is 5.32 Å². The summed E-state index contributed by atoms with van der Waals surface area (Å²) in [6.45, 7) is 1.91. The van der Waals surface area contributed by atoms with E-state index in [0.29, 0.717) is 10.7 Å². The monoisotopic (exact) mass is 344 g/mol. The molecule has 0 fully saturated rings. The third-order valence-electron chi connectivity index (χ3n) is 3.36. The molecule has 2 heterocycles. The van der Waals surface area contributed by atoms with Gasteiger partial charge in [0.15, 0.2) is 5.69 Å². The van der Waals surface area contributed by atoms with Crippen LogP contribution in [0.5, 0.6) is 0 Å². The first-order valence-corrected chi connectivity index (χ1v) is 8.09. The third-order valence-corrected chi connectivity index (χ3v) is 4.39. The predicted octanol–water partition coefficient (Wildman–Crippen LogP) is 3.74. The summed E-state index contributed by atoms with van der Waals surface area (Å²) in [5.41, 5.74) is 2.16. The number of nitrogens with one attached hydrogen (secondary N) is 1. The average Bonchev–Trinajstić information content (AvgIpc) is 3.06. The molecule has 1 atom stereocenters. The second-order valence-electron chi connectivity index (χ2n) is 4.93. The van der Waals surface area contributed by atoms with E-state index in [9.17, 15) is 4.79 Å². The number of carbonyl (C=O) groups excluding carboxylic acids is 1. The summed E-state index contributed by atoms with van der Waals surface area (Å²) in [4.78, 5) is 17.2. The number of hydrogen-bond acceptors (Lipinski definition) is 5. The van der Waals surface area contributed by atoms with Crippen LogP contribution in [-0.2, 0) is 0 Å². The van der Waals surface area contributed by atoms with E-state index in [1.54, 1.807) is 24.5 Å². The Bertz CT molecular complexity index is 804. The molecule has 3 aromatic rings. The predicted molar refractivity (Wildman–Crippen MR) is 90.5 cm³/mol. The van der Waals surface area contributed by atoms with E-state index in [1.165, 1.54) is 11.5 Å². The fourth-order valence-electron chi connectivity index (χ4n) is 2.13. The molecule has 3 rings (SSSR count). The Labute approximate surface area is 142 Å². The minimum atomic E-state index is -0.256. The largest absolute Gasteiger partial charge is 0.344 e. The van der Waals surface area contributed by atoms with Crippen molar-refractivity contribution in [1.82, 2.24) is 19.9 Å². The van der Waals surface area contributed by atoms with Crippen molar-refractivity contribution in [1.29, 1.82) is 0 Å². The van der Waals surface area contributed by atoms with E-state index in [-0.39, 0.29) is 11.9 Å². The van der Waals surface area contributed by atoms with Gasteiger partial charge in [-0.15, -0.1) is 5.10 Å². The van der Waals surface area contributed by atoms with Crippen molar-refractivity contribution in [2.45, 2.75) is 13.0 Å². The molecule has 1 unspecified atom stereocenters. The van der Waals surface area contributed by atoms with Crippen molar-refractivity contribution < 1.29 is 4.79 Å². The second kappa shape index (κ2) is 6.85. The van der Waals surface area contributed by atoms with Crippen molar-refractivity contribution >= 4 is 29.0 Å². The van der Waals surface area contributed by atoms with Crippen LogP contribution in [-0.4, -0.2) is 20.5 Å². The SMILES string of the molecule is CC(NC(=O)c1nnsc1-c1ccc(Cl)cc1)c1ccncc1. The summed E-state index contributed by atoms with van der Waals surface area (Å²) in [6, 6.07) is 10.8. The molecule has 5 nitrogen and oxygen atoms in total. The van der Waals surface area contributed by atoms with Crippen LogP contribution in [0, 0.1) is 0 Å². The van der Waals surface area contributed by atoms with Gasteiger partial charge in [-0.05, 0) is 53.8 Å². The number of benzene rings is 1. The number of amides is 1. The smallest absolute Gasteiger partial charge is 0.273 e. The fraction of sp³-hybridized carbons (Fsp3) is 0.125. The Morgan fingerprint density at radius 3 is 2.57 bits per heavy atom. The van der Waals surface area contributed by atoms with Crippen LogP contribution in [0.25, 0.3) is 10.4 Å². The van der Waals surface area contributed by atoms with Crippen LogP contribution in [0.3, 0.4) is 0 Å². The quantitative estimate of drug-likeness (QED) is 0.782. The first kappa shape index (κ1) is 15.6. The van der Waals surface area contributed by atoms with Gasteiger partial charge in [0.2, 0.25) is 0 Å². The zero-order valence-electron chi connectivity index (χ0n) is 12.2.